The molecule has 0 aliphatic carbocycles. The van der Waals surface area contributed by atoms with Crippen LogP contribution < -0.4 is 14.8 Å². The molecule has 1 fully saturated rings. The van der Waals surface area contributed by atoms with Gasteiger partial charge in [0.15, 0.2) is 5.78 Å². The van der Waals surface area contributed by atoms with Gasteiger partial charge in [-0.2, -0.15) is 0 Å². The summed E-state index contributed by atoms with van der Waals surface area (Å²) in [4.78, 5) is 14.6. The van der Waals surface area contributed by atoms with E-state index >= 15 is 0 Å². The fourth-order valence-electron chi connectivity index (χ4n) is 2.28. The Morgan fingerprint density at radius 3 is 2.32 bits per heavy atom. The molecule has 1 heterocycles. The Hall–Kier alpha value is -1.59. The Balaban J connectivity index is 2.17. The van der Waals surface area contributed by atoms with Gasteiger partial charge in [0.2, 0.25) is 0 Å². The molecule has 1 aliphatic heterocycles. The van der Waals surface area contributed by atoms with Crippen LogP contribution in [0.4, 0.5) is 0 Å². The molecule has 0 bridgehead atoms. The topological polar surface area (TPSA) is 50.8 Å². The number of hydrogen-bond acceptors (Lipinski definition) is 5. The molecular weight excluding hydrogens is 244 g/mol. The first-order valence-corrected chi connectivity index (χ1v) is 6.43. The zero-order chi connectivity index (χ0) is 13.7. The molecule has 1 aliphatic rings. The molecule has 104 valence electrons. The third kappa shape index (κ3) is 3.24. The van der Waals surface area contributed by atoms with E-state index in [1.54, 1.807) is 26.4 Å². The lowest BCUT2D eigenvalue weighted by Gasteiger charge is -2.26. The smallest absolute Gasteiger partial charge is 0.184 e. The standard InChI is InChI=1S/C14H20N2O3/c1-18-12-4-3-5-13(19-2)14(12)11(17)10-16-8-6-15-7-9-16/h3-5,15H,6-10H2,1-2H3. The van der Waals surface area contributed by atoms with Crippen molar-refractivity contribution in [2.75, 3.05) is 46.9 Å². The molecule has 1 aromatic carbocycles. The van der Waals surface area contributed by atoms with Gasteiger partial charge in [0.1, 0.15) is 17.1 Å². The molecule has 19 heavy (non-hydrogen) atoms. The molecule has 5 heteroatoms. The van der Waals surface area contributed by atoms with Crippen molar-refractivity contribution in [3.63, 3.8) is 0 Å². The summed E-state index contributed by atoms with van der Waals surface area (Å²) in [5, 5.41) is 3.27. The lowest BCUT2D eigenvalue weighted by atomic mass is 10.1. The van der Waals surface area contributed by atoms with Crippen molar-refractivity contribution in [1.29, 1.82) is 0 Å². The maximum atomic E-state index is 12.5. The number of carbonyl (C=O) groups excluding carboxylic acids is 1. The van der Waals surface area contributed by atoms with Gasteiger partial charge in [0, 0.05) is 26.2 Å². The van der Waals surface area contributed by atoms with E-state index in [0.717, 1.165) is 26.2 Å². The van der Waals surface area contributed by atoms with E-state index in [1.165, 1.54) is 0 Å². The number of nitrogens with zero attached hydrogens (tertiary/aromatic N) is 1. The van der Waals surface area contributed by atoms with Crippen LogP contribution in [0.3, 0.4) is 0 Å². The third-order valence-corrected chi connectivity index (χ3v) is 3.28. The highest BCUT2D eigenvalue weighted by molar-refractivity contribution is 6.02. The van der Waals surface area contributed by atoms with Gasteiger partial charge in [-0.15, -0.1) is 0 Å². The van der Waals surface area contributed by atoms with Crippen LogP contribution in [-0.4, -0.2) is 57.6 Å². The number of rotatable bonds is 5. The predicted molar refractivity (Wildman–Crippen MR) is 73.2 cm³/mol. The van der Waals surface area contributed by atoms with Crippen molar-refractivity contribution in [2.45, 2.75) is 0 Å². The minimum absolute atomic E-state index is 0.0381. The minimum atomic E-state index is 0.0381. The number of ketones is 1. The van der Waals surface area contributed by atoms with Crippen LogP contribution in [0.15, 0.2) is 18.2 Å². The van der Waals surface area contributed by atoms with Crippen LogP contribution in [0, 0.1) is 0 Å². The number of hydrogen-bond donors (Lipinski definition) is 1. The van der Waals surface area contributed by atoms with Gasteiger partial charge in [-0.05, 0) is 12.1 Å². The highest BCUT2D eigenvalue weighted by Gasteiger charge is 2.21. The molecule has 0 atom stereocenters. The molecule has 0 unspecified atom stereocenters. The normalized spacial score (nSPS) is 16.1. The van der Waals surface area contributed by atoms with Crippen molar-refractivity contribution >= 4 is 5.78 Å². The minimum Gasteiger partial charge on any atom is -0.496 e. The van der Waals surface area contributed by atoms with Gasteiger partial charge in [-0.3, -0.25) is 9.69 Å². The SMILES string of the molecule is COc1cccc(OC)c1C(=O)CN1CCNCC1. The highest BCUT2D eigenvalue weighted by atomic mass is 16.5. The van der Waals surface area contributed by atoms with E-state index in [2.05, 4.69) is 10.2 Å². The van der Waals surface area contributed by atoms with Gasteiger partial charge in [0.25, 0.3) is 0 Å². The van der Waals surface area contributed by atoms with Crippen molar-refractivity contribution in [3.8, 4) is 11.5 Å². The summed E-state index contributed by atoms with van der Waals surface area (Å²) in [7, 11) is 3.13. The Bertz CT molecular complexity index is 420. The van der Waals surface area contributed by atoms with Crippen LogP contribution in [-0.2, 0) is 0 Å². The Morgan fingerprint density at radius 1 is 1.21 bits per heavy atom. The van der Waals surface area contributed by atoms with Crippen molar-refractivity contribution < 1.29 is 14.3 Å². The molecule has 0 saturated carbocycles. The van der Waals surface area contributed by atoms with Crippen LogP contribution >= 0.6 is 0 Å². The molecule has 1 aromatic rings. The maximum Gasteiger partial charge on any atom is 0.184 e. The lowest BCUT2D eigenvalue weighted by molar-refractivity contribution is 0.0915. The van der Waals surface area contributed by atoms with Crippen molar-refractivity contribution in [1.82, 2.24) is 10.2 Å². The largest absolute Gasteiger partial charge is 0.496 e. The molecule has 0 spiro atoms. The second-order valence-corrected chi connectivity index (χ2v) is 4.49. The first kappa shape index (κ1) is 13.8. The molecule has 0 radical (unpaired) electrons. The molecule has 0 aromatic heterocycles. The molecule has 0 amide bonds. The maximum absolute atomic E-state index is 12.5. The van der Waals surface area contributed by atoms with Crippen LogP contribution in [0.1, 0.15) is 10.4 Å². The van der Waals surface area contributed by atoms with E-state index in [-0.39, 0.29) is 5.78 Å². The van der Waals surface area contributed by atoms with Gasteiger partial charge < -0.3 is 14.8 Å². The Labute approximate surface area is 113 Å². The van der Waals surface area contributed by atoms with E-state index in [0.29, 0.717) is 23.6 Å². The van der Waals surface area contributed by atoms with Crippen molar-refractivity contribution in [3.05, 3.63) is 23.8 Å². The van der Waals surface area contributed by atoms with Crippen LogP contribution in [0.2, 0.25) is 0 Å². The van der Waals surface area contributed by atoms with Crippen LogP contribution in [0.5, 0.6) is 11.5 Å². The summed E-state index contributed by atoms with van der Waals surface area (Å²) >= 11 is 0. The quantitative estimate of drug-likeness (QED) is 0.797. The molecular formula is C14H20N2O3. The monoisotopic (exact) mass is 264 g/mol. The Morgan fingerprint density at radius 2 is 1.79 bits per heavy atom. The predicted octanol–water partition coefficient (Wildman–Crippen LogP) is 0.792. The number of piperazine rings is 1. The molecule has 2 rings (SSSR count). The summed E-state index contributed by atoms with van der Waals surface area (Å²) in [6.07, 6.45) is 0. The number of nitrogens with one attached hydrogen (secondary N) is 1. The van der Waals surface area contributed by atoms with E-state index in [4.69, 9.17) is 9.47 Å². The first-order chi connectivity index (χ1) is 9.26. The first-order valence-electron chi connectivity index (χ1n) is 6.43. The number of benzene rings is 1. The summed E-state index contributed by atoms with van der Waals surface area (Å²) in [5.74, 6) is 1.18. The number of ether oxygens (including phenoxy) is 2. The molecule has 1 saturated heterocycles. The summed E-state index contributed by atoms with van der Waals surface area (Å²) in [6, 6.07) is 5.39. The Kier molecular flexibility index (Phi) is 4.76. The van der Waals surface area contributed by atoms with Crippen LogP contribution in [0.25, 0.3) is 0 Å². The van der Waals surface area contributed by atoms with E-state index in [9.17, 15) is 4.79 Å². The van der Waals surface area contributed by atoms with E-state index in [1.807, 2.05) is 6.07 Å². The molecule has 1 N–H and O–H groups in total. The molecule has 5 nitrogen and oxygen atoms in total. The number of Topliss-reactive ketones (excluding diaryl/α,β-unsaturated/α-hetero) is 1. The lowest BCUT2D eigenvalue weighted by Crippen LogP contribution is -2.45. The average molecular weight is 264 g/mol. The third-order valence-electron chi connectivity index (χ3n) is 3.28. The highest BCUT2D eigenvalue weighted by Crippen LogP contribution is 2.28. The zero-order valence-electron chi connectivity index (χ0n) is 11.4. The second-order valence-electron chi connectivity index (χ2n) is 4.49. The number of methoxy groups -OCH3 is 2. The summed E-state index contributed by atoms with van der Waals surface area (Å²) < 4.78 is 10.5. The van der Waals surface area contributed by atoms with Gasteiger partial charge in [0.05, 0.1) is 20.8 Å². The fourth-order valence-corrected chi connectivity index (χ4v) is 2.28. The zero-order valence-corrected chi connectivity index (χ0v) is 11.4. The van der Waals surface area contributed by atoms with Gasteiger partial charge >= 0.3 is 0 Å². The van der Waals surface area contributed by atoms with Crippen molar-refractivity contribution in [2.24, 2.45) is 0 Å². The summed E-state index contributed by atoms with van der Waals surface area (Å²) in [6.45, 7) is 4.04. The van der Waals surface area contributed by atoms with E-state index < -0.39 is 0 Å². The average Bonchev–Trinajstić information content (AvgIpc) is 2.47. The van der Waals surface area contributed by atoms with Gasteiger partial charge in [-0.1, -0.05) is 6.07 Å². The second kappa shape index (κ2) is 6.54. The van der Waals surface area contributed by atoms with Gasteiger partial charge in [-0.25, -0.2) is 0 Å². The fraction of sp³-hybridized carbons (Fsp3) is 0.500. The number of carbonyl (C=O) groups is 1. The summed E-state index contributed by atoms with van der Waals surface area (Å²) in [5.41, 5.74) is 0.533.